The van der Waals surface area contributed by atoms with Gasteiger partial charge in [0.1, 0.15) is 5.75 Å². The molecule has 0 atom stereocenters. The number of benzene rings is 1. The van der Waals surface area contributed by atoms with Gasteiger partial charge in [-0.05, 0) is 43.7 Å². The van der Waals surface area contributed by atoms with E-state index in [0.29, 0.717) is 23.6 Å². The summed E-state index contributed by atoms with van der Waals surface area (Å²) in [5.74, 6) is 1.03. The van der Waals surface area contributed by atoms with Crippen LogP contribution < -0.4 is 20.3 Å². The highest BCUT2D eigenvalue weighted by molar-refractivity contribution is 5.97. The summed E-state index contributed by atoms with van der Waals surface area (Å²) in [6, 6.07) is 9.26. The molecule has 3 aromatic rings. The maximum Gasteiger partial charge on any atom is 0.253 e. The molecule has 0 saturated heterocycles. The van der Waals surface area contributed by atoms with Crippen molar-refractivity contribution in [3.63, 3.8) is 0 Å². The number of ether oxygens (including phenoxy) is 2. The number of methoxy groups -OCH3 is 1. The first-order valence-corrected chi connectivity index (χ1v) is 10.5. The fraction of sp³-hybridized carbons (Fsp3) is 0.320. The Morgan fingerprint density at radius 2 is 2.03 bits per heavy atom. The number of fused-ring (bicyclic) bond motifs is 1. The average Bonchev–Trinajstić information content (AvgIpc) is 3.07. The SMILES string of the molecule is COc1ccc(-c2cc(C(=O)NCc3c(C)cc(C)[nH]c3=O)cc3c2OCC3(C)C)cn1. The molecule has 0 saturated carbocycles. The van der Waals surface area contributed by atoms with Crippen molar-refractivity contribution < 1.29 is 14.3 Å². The predicted molar refractivity (Wildman–Crippen MR) is 122 cm³/mol. The summed E-state index contributed by atoms with van der Waals surface area (Å²) in [5.41, 5.74) is 4.89. The molecule has 32 heavy (non-hydrogen) atoms. The first kappa shape index (κ1) is 21.6. The zero-order valence-electron chi connectivity index (χ0n) is 19.0. The Labute approximate surface area is 186 Å². The number of hydrogen-bond acceptors (Lipinski definition) is 5. The number of carbonyl (C=O) groups is 1. The minimum Gasteiger partial charge on any atom is -0.492 e. The van der Waals surface area contributed by atoms with Crippen LogP contribution in [0.2, 0.25) is 0 Å². The highest BCUT2D eigenvalue weighted by atomic mass is 16.5. The molecule has 0 radical (unpaired) electrons. The first-order valence-electron chi connectivity index (χ1n) is 10.5. The van der Waals surface area contributed by atoms with Gasteiger partial charge in [-0.1, -0.05) is 13.8 Å². The second-order valence-corrected chi connectivity index (χ2v) is 8.79. The highest BCUT2D eigenvalue weighted by Gasteiger charge is 2.35. The molecule has 1 amide bonds. The number of carbonyl (C=O) groups excluding carboxylic acids is 1. The molecule has 0 spiro atoms. The Bertz CT molecular complexity index is 1240. The third kappa shape index (κ3) is 3.98. The zero-order chi connectivity index (χ0) is 23.0. The average molecular weight is 434 g/mol. The minimum atomic E-state index is -0.252. The van der Waals surface area contributed by atoms with Gasteiger partial charge in [0.05, 0.1) is 13.7 Å². The van der Waals surface area contributed by atoms with Gasteiger partial charge in [-0.25, -0.2) is 4.98 Å². The lowest BCUT2D eigenvalue weighted by atomic mass is 9.84. The van der Waals surface area contributed by atoms with Crippen molar-refractivity contribution in [2.75, 3.05) is 13.7 Å². The van der Waals surface area contributed by atoms with Crippen LogP contribution in [-0.4, -0.2) is 29.6 Å². The molecule has 1 aromatic carbocycles. The van der Waals surface area contributed by atoms with Crippen LogP contribution in [0.25, 0.3) is 11.1 Å². The molecule has 1 aliphatic heterocycles. The lowest BCUT2D eigenvalue weighted by Gasteiger charge is -2.17. The number of pyridine rings is 2. The van der Waals surface area contributed by atoms with Gasteiger partial charge in [0, 0.05) is 57.7 Å². The van der Waals surface area contributed by atoms with E-state index in [1.54, 1.807) is 19.4 Å². The molecule has 4 rings (SSSR count). The lowest BCUT2D eigenvalue weighted by molar-refractivity contribution is 0.0950. The molecule has 1 aliphatic rings. The Balaban J connectivity index is 1.70. The Morgan fingerprint density at radius 1 is 1.25 bits per heavy atom. The number of nitrogens with one attached hydrogen (secondary N) is 2. The summed E-state index contributed by atoms with van der Waals surface area (Å²) in [5, 5.41) is 2.90. The van der Waals surface area contributed by atoms with Gasteiger partial charge in [0.15, 0.2) is 0 Å². The smallest absolute Gasteiger partial charge is 0.253 e. The first-order chi connectivity index (χ1) is 15.2. The Kier molecular flexibility index (Phi) is 5.50. The van der Waals surface area contributed by atoms with Crippen molar-refractivity contribution in [2.45, 2.75) is 39.7 Å². The minimum absolute atomic E-state index is 0.149. The van der Waals surface area contributed by atoms with Crippen LogP contribution in [0, 0.1) is 13.8 Å². The summed E-state index contributed by atoms with van der Waals surface area (Å²) >= 11 is 0. The van der Waals surface area contributed by atoms with Crippen molar-refractivity contribution in [1.29, 1.82) is 0 Å². The number of nitrogens with zero attached hydrogens (tertiary/aromatic N) is 1. The van der Waals surface area contributed by atoms with E-state index in [-0.39, 0.29) is 23.4 Å². The zero-order valence-corrected chi connectivity index (χ0v) is 19.0. The number of rotatable bonds is 5. The van der Waals surface area contributed by atoms with E-state index in [0.717, 1.165) is 33.7 Å². The predicted octanol–water partition coefficient (Wildman–Crippen LogP) is 3.66. The number of aromatic nitrogens is 2. The molecule has 7 nitrogen and oxygen atoms in total. The Hall–Kier alpha value is -3.61. The van der Waals surface area contributed by atoms with Crippen LogP contribution in [0.5, 0.6) is 11.6 Å². The third-order valence-electron chi connectivity index (χ3n) is 5.83. The summed E-state index contributed by atoms with van der Waals surface area (Å²) in [4.78, 5) is 32.5. The van der Waals surface area contributed by atoms with Crippen molar-refractivity contribution in [1.82, 2.24) is 15.3 Å². The summed E-state index contributed by atoms with van der Waals surface area (Å²) in [6.45, 7) is 8.56. The number of hydrogen-bond donors (Lipinski definition) is 2. The Morgan fingerprint density at radius 3 is 2.69 bits per heavy atom. The van der Waals surface area contributed by atoms with Crippen LogP contribution in [0.4, 0.5) is 0 Å². The van der Waals surface area contributed by atoms with E-state index < -0.39 is 0 Å². The molecular formula is C25H27N3O4. The van der Waals surface area contributed by atoms with E-state index in [1.165, 1.54) is 0 Å². The van der Waals surface area contributed by atoms with Crippen molar-refractivity contribution in [2.24, 2.45) is 0 Å². The summed E-state index contributed by atoms with van der Waals surface area (Å²) in [7, 11) is 1.57. The lowest BCUT2D eigenvalue weighted by Crippen LogP contribution is -2.28. The van der Waals surface area contributed by atoms with E-state index in [4.69, 9.17) is 9.47 Å². The number of aryl methyl sites for hydroxylation is 2. The normalized spacial score (nSPS) is 13.9. The molecular weight excluding hydrogens is 406 g/mol. The standard InChI is InChI=1S/C25H27N3O4/c1-14-8-15(2)28-24(30)19(14)12-27-23(29)17-9-18(16-6-7-21(31-5)26-11-16)22-20(10-17)25(3,4)13-32-22/h6-11H,12-13H2,1-5H3,(H,27,29)(H,28,30). The number of H-pyrrole nitrogens is 1. The van der Waals surface area contributed by atoms with Gasteiger partial charge >= 0.3 is 0 Å². The fourth-order valence-corrected chi connectivity index (χ4v) is 4.00. The molecule has 0 bridgehead atoms. The fourth-order valence-electron chi connectivity index (χ4n) is 4.00. The molecule has 166 valence electrons. The van der Waals surface area contributed by atoms with Gasteiger partial charge < -0.3 is 19.8 Å². The van der Waals surface area contributed by atoms with Gasteiger partial charge in [-0.2, -0.15) is 0 Å². The van der Waals surface area contributed by atoms with Crippen LogP contribution in [0.1, 0.15) is 46.6 Å². The maximum atomic E-state index is 13.1. The largest absolute Gasteiger partial charge is 0.492 e. The molecule has 3 heterocycles. The van der Waals surface area contributed by atoms with E-state index in [2.05, 4.69) is 29.1 Å². The molecule has 2 aromatic heterocycles. The molecule has 2 N–H and O–H groups in total. The van der Waals surface area contributed by atoms with Crippen molar-refractivity contribution in [3.05, 3.63) is 74.8 Å². The molecule has 0 fully saturated rings. The third-order valence-corrected chi connectivity index (χ3v) is 5.83. The summed E-state index contributed by atoms with van der Waals surface area (Å²) < 4.78 is 11.2. The van der Waals surface area contributed by atoms with E-state index in [9.17, 15) is 9.59 Å². The monoisotopic (exact) mass is 433 g/mol. The molecule has 0 aliphatic carbocycles. The van der Waals surface area contributed by atoms with Crippen LogP contribution in [0.3, 0.4) is 0 Å². The van der Waals surface area contributed by atoms with Gasteiger partial charge in [0.25, 0.3) is 11.5 Å². The number of aromatic amines is 1. The quantitative estimate of drug-likeness (QED) is 0.641. The van der Waals surface area contributed by atoms with Crippen molar-refractivity contribution in [3.8, 4) is 22.8 Å². The molecule has 0 unspecified atom stereocenters. The van der Waals surface area contributed by atoms with Crippen LogP contribution >= 0.6 is 0 Å². The number of amides is 1. The van der Waals surface area contributed by atoms with Crippen LogP contribution in [0.15, 0.2) is 41.3 Å². The second-order valence-electron chi connectivity index (χ2n) is 8.79. The van der Waals surface area contributed by atoms with Gasteiger partial charge in [-0.3, -0.25) is 9.59 Å². The van der Waals surface area contributed by atoms with Crippen LogP contribution in [-0.2, 0) is 12.0 Å². The highest BCUT2D eigenvalue weighted by Crippen LogP contribution is 2.45. The van der Waals surface area contributed by atoms with Gasteiger partial charge in [0.2, 0.25) is 5.88 Å². The van der Waals surface area contributed by atoms with Crippen molar-refractivity contribution >= 4 is 5.91 Å². The van der Waals surface area contributed by atoms with E-state index in [1.807, 2.05) is 38.1 Å². The maximum absolute atomic E-state index is 13.1. The summed E-state index contributed by atoms with van der Waals surface area (Å²) in [6.07, 6.45) is 1.71. The van der Waals surface area contributed by atoms with Gasteiger partial charge in [-0.15, -0.1) is 0 Å². The molecule has 7 heteroatoms. The second kappa shape index (κ2) is 8.15. The van der Waals surface area contributed by atoms with E-state index >= 15 is 0 Å². The topological polar surface area (TPSA) is 93.3 Å².